The SMILES string of the molecule is Cc1ccccc1C1(C)NC(=O)N(Cc2nc(-c3cc(Br)cs3)no2)C1=O. The van der Waals surface area contributed by atoms with Gasteiger partial charge in [-0.15, -0.1) is 11.3 Å². The van der Waals surface area contributed by atoms with Crippen LogP contribution in [-0.2, 0) is 16.9 Å². The monoisotopic (exact) mass is 446 g/mol. The Hall–Kier alpha value is -2.52. The molecule has 1 atom stereocenters. The molecule has 27 heavy (non-hydrogen) atoms. The van der Waals surface area contributed by atoms with Crippen molar-refractivity contribution in [2.24, 2.45) is 0 Å². The number of aromatic nitrogens is 2. The van der Waals surface area contributed by atoms with Gasteiger partial charge in [0.2, 0.25) is 11.7 Å². The molecule has 2 aromatic heterocycles. The lowest BCUT2D eigenvalue weighted by Gasteiger charge is -2.23. The number of carbonyl (C=O) groups excluding carboxylic acids is 2. The van der Waals surface area contributed by atoms with Crippen molar-refractivity contribution in [2.75, 3.05) is 0 Å². The Bertz CT molecular complexity index is 1050. The summed E-state index contributed by atoms with van der Waals surface area (Å²) in [6.45, 7) is 3.54. The summed E-state index contributed by atoms with van der Waals surface area (Å²) in [6.07, 6.45) is 0. The number of hydrogen-bond donors (Lipinski definition) is 1. The van der Waals surface area contributed by atoms with Gasteiger partial charge in [-0.2, -0.15) is 4.98 Å². The van der Waals surface area contributed by atoms with Gasteiger partial charge in [0.05, 0.1) is 4.88 Å². The zero-order valence-electron chi connectivity index (χ0n) is 14.5. The number of hydrogen-bond acceptors (Lipinski definition) is 6. The normalized spacial score (nSPS) is 19.6. The highest BCUT2D eigenvalue weighted by atomic mass is 79.9. The minimum atomic E-state index is -1.12. The van der Waals surface area contributed by atoms with Crippen LogP contribution in [0.25, 0.3) is 10.7 Å². The molecule has 1 unspecified atom stereocenters. The Kier molecular flexibility index (Phi) is 4.35. The largest absolute Gasteiger partial charge is 0.337 e. The molecular formula is C18H15BrN4O3S. The highest BCUT2D eigenvalue weighted by Gasteiger charge is 2.49. The van der Waals surface area contributed by atoms with E-state index in [1.807, 2.05) is 42.6 Å². The first-order valence-corrected chi connectivity index (χ1v) is 9.83. The number of carbonyl (C=O) groups is 2. The van der Waals surface area contributed by atoms with Crippen molar-refractivity contribution in [3.8, 4) is 10.7 Å². The quantitative estimate of drug-likeness (QED) is 0.615. The summed E-state index contributed by atoms with van der Waals surface area (Å²) in [5, 5.41) is 8.64. The molecule has 1 aliphatic heterocycles. The summed E-state index contributed by atoms with van der Waals surface area (Å²) in [5.41, 5.74) is 0.573. The van der Waals surface area contributed by atoms with Crippen LogP contribution in [0.2, 0.25) is 0 Å². The van der Waals surface area contributed by atoms with Gasteiger partial charge in [0.15, 0.2) is 0 Å². The summed E-state index contributed by atoms with van der Waals surface area (Å²) in [4.78, 5) is 31.7. The van der Waals surface area contributed by atoms with E-state index in [-0.39, 0.29) is 18.3 Å². The number of amides is 3. The van der Waals surface area contributed by atoms with Crippen molar-refractivity contribution in [2.45, 2.75) is 25.9 Å². The molecule has 1 aromatic carbocycles. The van der Waals surface area contributed by atoms with E-state index in [1.165, 1.54) is 11.3 Å². The van der Waals surface area contributed by atoms with Crippen LogP contribution in [-0.4, -0.2) is 27.0 Å². The first-order chi connectivity index (χ1) is 12.9. The van der Waals surface area contributed by atoms with Crippen molar-refractivity contribution < 1.29 is 14.1 Å². The standard InChI is InChI=1S/C18H15BrN4O3S/c1-10-5-3-4-6-12(10)18(2)16(24)23(17(25)21-18)8-14-20-15(22-26-14)13-7-11(19)9-27-13/h3-7,9H,8H2,1-2H3,(H,21,25). The lowest BCUT2D eigenvalue weighted by Crippen LogP contribution is -2.41. The fourth-order valence-corrected chi connectivity index (χ4v) is 4.49. The minimum absolute atomic E-state index is 0.0777. The van der Waals surface area contributed by atoms with E-state index in [1.54, 1.807) is 6.92 Å². The summed E-state index contributed by atoms with van der Waals surface area (Å²) >= 11 is 4.85. The van der Waals surface area contributed by atoms with E-state index >= 15 is 0 Å². The smallest absolute Gasteiger partial charge is 0.325 e. The molecule has 0 spiro atoms. The zero-order chi connectivity index (χ0) is 19.2. The van der Waals surface area contributed by atoms with Gasteiger partial charge < -0.3 is 9.84 Å². The molecule has 1 fully saturated rings. The van der Waals surface area contributed by atoms with Crippen LogP contribution in [0.4, 0.5) is 4.79 Å². The van der Waals surface area contributed by atoms with Gasteiger partial charge in [-0.3, -0.25) is 9.69 Å². The van der Waals surface area contributed by atoms with Gasteiger partial charge >= 0.3 is 6.03 Å². The number of thiophene rings is 1. The molecule has 0 saturated carbocycles. The third-order valence-corrected chi connectivity index (χ3v) is 6.20. The van der Waals surface area contributed by atoms with Crippen LogP contribution < -0.4 is 5.32 Å². The second-order valence-corrected chi connectivity index (χ2v) is 8.23. The number of urea groups is 1. The van der Waals surface area contributed by atoms with Crippen LogP contribution in [0.15, 0.2) is 44.7 Å². The summed E-state index contributed by atoms with van der Waals surface area (Å²) in [5.74, 6) is 0.280. The first kappa shape index (κ1) is 17.9. The molecule has 3 heterocycles. The Morgan fingerprint density at radius 1 is 1.33 bits per heavy atom. The Balaban J connectivity index is 1.59. The molecule has 138 valence electrons. The summed E-state index contributed by atoms with van der Waals surface area (Å²) < 4.78 is 6.17. The van der Waals surface area contributed by atoms with Crippen LogP contribution in [0.5, 0.6) is 0 Å². The lowest BCUT2D eigenvalue weighted by molar-refractivity contribution is -0.131. The van der Waals surface area contributed by atoms with Gasteiger partial charge in [0.1, 0.15) is 12.1 Å². The Labute approximate surface area is 167 Å². The van der Waals surface area contributed by atoms with Gasteiger partial charge in [-0.25, -0.2) is 4.79 Å². The van der Waals surface area contributed by atoms with E-state index in [2.05, 4.69) is 31.4 Å². The fourth-order valence-electron chi connectivity index (χ4n) is 3.14. The highest BCUT2D eigenvalue weighted by Crippen LogP contribution is 2.32. The number of halogens is 1. The van der Waals surface area contributed by atoms with Gasteiger partial charge in [-0.1, -0.05) is 29.4 Å². The van der Waals surface area contributed by atoms with Crippen molar-refractivity contribution in [1.29, 1.82) is 0 Å². The molecule has 0 aliphatic carbocycles. The Morgan fingerprint density at radius 2 is 2.11 bits per heavy atom. The van der Waals surface area contributed by atoms with Gasteiger partial charge in [0, 0.05) is 9.85 Å². The molecule has 1 N–H and O–H groups in total. The van der Waals surface area contributed by atoms with Crippen LogP contribution >= 0.6 is 27.3 Å². The van der Waals surface area contributed by atoms with Crippen molar-refractivity contribution in [3.05, 3.63) is 57.2 Å². The summed E-state index contributed by atoms with van der Waals surface area (Å²) in [7, 11) is 0. The molecule has 4 rings (SSSR count). The molecule has 9 heteroatoms. The van der Waals surface area contributed by atoms with E-state index in [9.17, 15) is 9.59 Å². The molecule has 7 nitrogen and oxygen atoms in total. The number of benzene rings is 1. The molecule has 3 amide bonds. The second-order valence-electron chi connectivity index (χ2n) is 6.40. The maximum Gasteiger partial charge on any atom is 0.325 e. The molecular weight excluding hydrogens is 432 g/mol. The number of nitrogens with zero attached hydrogens (tertiary/aromatic N) is 3. The fraction of sp³-hybridized carbons (Fsp3) is 0.222. The Morgan fingerprint density at radius 3 is 2.81 bits per heavy atom. The minimum Gasteiger partial charge on any atom is -0.337 e. The highest BCUT2D eigenvalue weighted by molar-refractivity contribution is 9.10. The molecule has 1 saturated heterocycles. The van der Waals surface area contributed by atoms with Crippen LogP contribution in [0, 0.1) is 6.92 Å². The topological polar surface area (TPSA) is 88.3 Å². The van der Waals surface area contributed by atoms with Crippen molar-refractivity contribution >= 4 is 39.2 Å². The van der Waals surface area contributed by atoms with Crippen molar-refractivity contribution in [1.82, 2.24) is 20.4 Å². The summed E-state index contributed by atoms with van der Waals surface area (Å²) in [6, 6.07) is 8.89. The predicted molar refractivity (Wildman–Crippen MR) is 103 cm³/mol. The van der Waals surface area contributed by atoms with Crippen LogP contribution in [0.1, 0.15) is 23.9 Å². The third kappa shape index (κ3) is 3.06. The van der Waals surface area contributed by atoms with Gasteiger partial charge in [-0.05, 0) is 47.0 Å². The third-order valence-electron chi connectivity index (χ3n) is 4.51. The first-order valence-electron chi connectivity index (χ1n) is 8.15. The molecule has 0 bridgehead atoms. The number of rotatable bonds is 4. The average Bonchev–Trinajstić information content (AvgIpc) is 3.32. The number of nitrogens with one attached hydrogen (secondary N) is 1. The molecule has 0 radical (unpaired) electrons. The lowest BCUT2D eigenvalue weighted by atomic mass is 9.88. The van der Waals surface area contributed by atoms with E-state index in [0.29, 0.717) is 5.82 Å². The van der Waals surface area contributed by atoms with E-state index in [4.69, 9.17) is 4.52 Å². The van der Waals surface area contributed by atoms with E-state index in [0.717, 1.165) is 25.4 Å². The van der Waals surface area contributed by atoms with Crippen molar-refractivity contribution in [3.63, 3.8) is 0 Å². The maximum absolute atomic E-state index is 13.0. The molecule has 1 aliphatic rings. The maximum atomic E-state index is 13.0. The average molecular weight is 447 g/mol. The second kappa shape index (κ2) is 6.58. The number of imide groups is 1. The predicted octanol–water partition coefficient (Wildman–Crippen LogP) is 3.84. The zero-order valence-corrected chi connectivity index (χ0v) is 16.9. The molecule has 3 aromatic rings. The van der Waals surface area contributed by atoms with Gasteiger partial charge in [0.25, 0.3) is 5.91 Å². The number of aryl methyl sites for hydroxylation is 1. The van der Waals surface area contributed by atoms with Crippen LogP contribution in [0.3, 0.4) is 0 Å². The van der Waals surface area contributed by atoms with E-state index < -0.39 is 11.6 Å².